The number of amides is 2. The zero-order chi connectivity index (χ0) is 19.9. The fraction of sp³-hybridized carbons (Fsp3) is 0.217. The van der Waals surface area contributed by atoms with Gasteiger partial charge in [-0.2, -0.15) is 0 Å². The molecule has 5 nitrogen and oxygen atoms in total. The summed E-state index contributed by atoms with van der Waals surface area (Å²) >= 11 is 0. The fourth-order valence-electron chi connectivity index (χ4n) is 3.17. The van der Waals surface area contributed by atoms with Crippen molar-refractivity contribution < 1.29 is 14.3 Å². The molecule has 0 aliphatic rings. The Balaban J connectivity index is 1.66. The molecule has 0 aromatic heterocycles. The van der Waals surface area contributed by atoms with Crippen molar-refractivity contribution in [3.05, 3.63) is 72.3 Å². The molecule has 0 saturated carbocycles. The zero-order valence-corrected chi connectivity index (χ0v) is 16.1. The lowest BCUT2D eigenvalue weighted by Crippen LogP contribution is -2.38. The van der Waals surface area contributed by atoms with E-state index in [-0.39, 0.29) is 24.8 Å². The summed E-state index contributed by atoms with van der Waals surface area (Å²) in [5.41, 5.74) is 1.61. The zero-order valence-electron chi connectivity index (χ0n) is 16.1. The number of ether oxygens (including phenoxy) is 1. The normalized spacial score (nSPS) is 10.5. The van der Waals surface area contributed by atoms with Crippen LogP contribution in [0.5, 0.6) is 5.75 Å². The van der Waals surface area contributed by atoms with Gasteiger partial charge >= 0.3 is 0 Å². The average molecular weight is 376 g/mol. The van der Waals surface area contributed by atoms with Gasteiger partial charge in [0.2, 0.25) is 11.8 Å². The maximum atomic E-state index is 12.8. The topological polar surface area (TPSA) is 58.6 Å². The summed E-state index contributed by atoms with van der Waals surface area (Å²) in [5, 5.41) is 4.99. The van der Waals surface area contributed by atoms with Crippen molar-refractivity contribution in [1.29, 1.82) is 0 Å². The third-order valence-electron chi connectivity index (χ3n) is 4.64. The van der Waals surface area contributed by atoms with Crippen molar-refractivity contribution >= 4 is 28.3 Å². The molecule has 0 aliphatic carbocycles. The molecule has 0 saturated heterocycles. The number of nitrogens with zero attached hydrogens (tertiary/aromatic N) is 1. The fourth-order valence-corrected chi connectivity index (χ4v) is 3.17. The van der Waals surface area contributed by atoms with Gasteiger partial charge in [0.1, 0.15) is 5.75 Å². The first kappa shape index (κ1) is 19.4. The number of likely N-dealkylation sites (N-methyl/N-ethyl adjacent to an activating group) is 1. The highest BCUT2D eigenvalue weighted by Gasteiger charge is 2.17. The van der Waals surface area contributed by atoms with Crippen molar-refractivity contribution in [2.24, 2.45) is 0 Å². The standard InChI is InChI=1S/C23H24N2O3/c1-3-25(16-22(26)24-19-11-7-12-20(15-19)28-2)23(27)14-18-10-6-9-17-8-4-5-13-21(17)18/h4-13,15H,3,14,16H2,1-2H3,(H,24,26). The summed E-state index contributed by atoms with van der Waals surface area (Å²) in [6.45, 7) is 2.35. The second kappa shape index (κ2) is 9.04. The molecule has 28 heavy (non-hydrogen) atoms. The first-order valence-corrected chi connectivity index (χ1v) is 9.29. The first-order valence-electron chi connectivity index (χ1n) is 9.29. The van der Waals surface area contributed by atoms with Crippen LogP contribution >= 0.6 is 0 Å². The molecular formula is C23H24N2O3. The highest BCUT2D eigenvalue weighted by molar-refractivity contribution is 5.96. The quantitative estimate of drug-likeness (QED) is 0.681. The molecule has 0 atom stereocenters. The van der Waals surface area contributed by atoms with E-state index < -0.39 is 0 Å². The van der Waals surface area contributed by atoms with E-state index in [1.54, 1.807) is 30.2 Å². The molecule has 0 aliphatic heterocycles. The van der Waals surface area contributed by atoms with Crippen LogP contribution in [0.3, 0.4) is 0 Å². The van der Waals surface area contributed by atoms with E-state index in [0.29, 0.717) is 18.0 Å². The molecule has 0 fully saturated rings. The summed E-state index contributed by atoms with van der Waals surface area (Å²) < 4.78 is 5.16. The molecular weight excluding hydrogens is 352 g/mol. The van der Waals surface area contributed by atoms with Crippen LogP contribution in [-0.2, 0) is 16.0 Å². The minimum atomic E-state index is -0.235. The van der Waals surface area contributed by atoms with Gasteiger partial charge < -0.3 is 15.0 Å². The van der Waals surface area contributed by atoms with Gasteiger partial charge in [0, 0.05) is 18.3 Å². The number of fused-ring (bicyclic) bond motifs is 1. The predicted molar refractivity (Wildman–Crippen MR) is 112 cm³/mol. The molecule has 3 aromatic carbocycles. The Kier molecular flexibility index (Phi) is 6.27. The van der Waals surface area contributed by atoms with Gasteiger partial charge in [-0.25, -0.2) is 0 Å². The second-order valence-electron chi connectivity index (χ2n) is 6.50. The van der Waals surface area contributed by atoms with E-state index in [0.717, 1.165) is 16.3 Å². The van der Waals surface area contributed by atoms with Crippen molar-refractivity contribution in [2.75, 3.05) is 25.5 Å². The summed E-state index contributed by atoms with van der Waals surface area (Å²) in [4.78, 5) is 26.8. The van der Waals surface area contributed by atoms with Crippen LogP contribution in [0, 0.1) is 0 Å². The molecule has 5 heteroatoms. The summed E-state index contributed by atoms with van der Waals surface area (Å²) in [5.74, 6) is 0.359. The number of hydrogen-bond donors (Lipinski definition) is 1. The van der Waals surface area contributed by atoms with Crippen LogP contribution in [0.1, 0.15) is 12.5 Å². The smallest absolute Gasteiger partial charge is 0.243 e. The summed E-state index contributed by atoms with van der Waals surface area (Å²) in [7, 11) is 1.58. The van der Waals surface area contributed by atoms with Gasteiger partial charge in [-0.1, -0.05) is 48.5 Å². The van der Waals surface area contributed by atoms with E-state index >= 15 is 0 Å². The van der Waals surface area contributed by atoms with Gasteiger partial charge in [-0.15, -0.1) is 0 Å². The number of anilines is 1. The molecule has 0 spiro atoms. The van der Waals surface area contributed by atoms with Crippen LogP contribution in [0.15, 0.2) is 66.7 Å². The number of hydrogen-bond acceptors (Lipinski definition) is 3. The lowest BCUT2D eigenvalue weighted by molar-refractivity contribution is -0.133. The van der Waals surface area contributed by atoms with Crippen LogP contribution in [-0.4, -0.2) is 36.9 Å². The Labute approximate surface area is 164 Å². The highest BCUT2D eigenvalue weighted by Crippen LogP contribution is 2.20. The molecule has 2 amide bonds. The Morgan fingerprint density at radius 2 is 1.75 bits per heavy atom. The minimum Gasteiger partial charge on any atom is -0.497 e. The van der Waals surface area contributed by atoms with Crippen LogP contribution in [0.4, 0.5) is 5.69 Å². The molecule has 3 rings (SSSR count). The van der Waals surface area contributed by atoms with Crippen LogP contribution in [0.25, 0.3) is 10.8 Å². The van der Waals surface area contributed by atoms with E-state index in [9.17, 15) is 9.59 Å². The van der Waals surface area contributed by atoms with Crippen LogP contribution < -0.4 is 10.1 Å². The Morgan fingerprint density at radius 1 is 1.00 bits per heavy atom. The molecule has 144 valence electrons. The van der Waals surface area contributed by atoms with E-state index in [1.807, 2.05) is 55.5 Å². The Hall–Kier alpha value is -3.34. The monoisotopic (exact) mass is 376 g/mol. The SMILES string of the molecule is CCN(CC(=O)Nc1cccc(OC)c1)C(=O)Cc1cccc2ccccc12. The van der Waals surface area contributed by atoms with Crippen molar-refractivity contribution in [3.63, 3.8) is 0 Å². The van der Waals surface area contributed by atoms with Gasteiger partial charge in [0.05, 0.1) is 20.1 Å². The van der Waals surface area contributed by atoms with E-state index in [4.69, 9.17) is 4.74 Å². The lowest BCUT2D eigenvalue weighted by atomic mass is 10.0. The molecule has 0 bridgehead atoms. The molecule has 1 N–H and O–H groups in total. The number of carbonyl (C=O) groups excluding carboxylic acids is 2. The van der Waals surface area contributed by atoms with Crippen molar-refractivity contribution in [1.82, 2.24) is 4.90 Å². The largest absolute Gasteiger partial charge is 0.497 e. The second-order valence-corrected chi connectivity index (χ2v) is 6.50. The summed E-state index contributed by atoms with van der Waals surface area (Å²) in [6, 6.07) is 21.1. The minimum absolute atomic E-state index is 0.0112. The molecule has 0 unspecified atom stereocenters. The van der Waals surface area contributed by atoms with Crippen molar-refractivity contribution in [2.45, 2.75) is 13.3 Å². The number of methoxy groups -OCH3 is 1. The Morgan fingerprint density at radius 3 is 2.54 bits per heavy atom. The van der Waals surface area contributed by atoms with Crippen LogP contribution in [0.2, 0.25) is 0 Å². The van der Waals surface area contributed by atoms with E-state index in [1.165, 1.54) is 0 Å². The predicted octanol–water partition coefficient (Wildman–Crippen LogP) is 3.88. The highest BCUT2D eigenvalue weighted by atomic mass is 16.5. The molecule has 0 heterocycles. The van der Waals surface area contributed by atoms with Gasteiger partial charge in [-0.05, 0) is 35.4 Å². The van der Waals surface area contributed by atoms with Gasteiger partial charge in [-0.3, -0.25) is 9.59 Å². The summed E-state index contributed by atoms with van der Waals surface area (Å²) in [6.07, 6.45) is 0.266. The van der Waals surface area contributed by atoms with Gasteiger partial charge in [0.25, 0.3) is 0 Å². The van der Waals surface area contributed by atoms with E-state index in [2.05, 4.69) is 5.32 Å². The number of carbonyl (C=O) groups is 2. The third kappa shape index (κ3) is 4.68. The number of nitrogens with one attached hydrogen (secondary N) is 1. The van der Waals surface area contributed by atoms with Crippen molar-refractivity contribution in [3.8, 4) is 5.75 Å². The third-order valence-corrected chi connectivity index (χ3v) is 4.64. The number of benzene rings is 3. The maximum Gasteiger partial charge on any atom is 0.243 e. The maximum absolute atomic E-state index is 12.8. The Bertz CT molecular complexity index is 979. The molecule has 3 aromatic rings. The first-order chi connectivity index (χ1) is 13.6. The lowest BCUT2D eigenvalue weighted by Gasteiger charge is -2.21. The van der Waals surface area contributed by atoms with Gasteiger partial charge in [0.15, 0.2) is 0 Å². The average Bonchev–Trinajstić information content (AvgIpc) is 2.72. The molecule has 0 radical (unpaired) electrons. The number of rotatable bonds is 7.